The van der Waals surface area contributed by atoms with Crippen molar-refractivity contribution in [3.05, 3.63) is 71.8 Å². The SMILES string of the molecule is Cc1ccc(S(=O)(=O)OC[C@@H](O[Si](C)(C)C(C)(C)C)[C@](C)(C#CC(O)c2ccc3ccccc3c2O[Si](C)(C)C(C)(C)C)O[Si](C)(C)C(C)(C)C)cc1. The smallest absolute Gasteiger partial charge is 0.297 e. The van der Waals surface area contributed by atoms with Crippen molar-refractivity contribution >= 4 is 45.8 Å². The highest BCUT2D eigenvalue weighted by Crippen LogP contribution is 2.45. The minimum atomic E-state index is -4.14. The van der Waals surface area contributed by atoms with Gasteiger partial charge in [0.15, 0.2) is 16.6 Å². The molecule has 0 spiro atoms. The Hall–Kier alpha value is -2.28. The third-order valence-corrected chi connectivity index (χ3v) is 26.3. The number of fused-ring (bicyclic) bond motifs is 1. The number of hydrogen-bond donors (Lipinski definition) is 1. The molecule has 0 fully saturated rings. The zero-order valence-electron chi connectivity index (χ0n) is 35.4. The molecule has 0 aromatic heterocycles. The zero-order chi connectivity index (χ0) is 40.6. The largest absolute Gasteiger partial charge is 0.543 e. The lowest BCUT2D eigenvalue weighted by molar-refractivity contribution is -0.0240. The molecule has 0 saturated heterocycles. The molecule has 0 saturated carbocycles. The van der Waals surface area contributed by atoms with Gasteiger partial charge in [-0.2, -0.15) is 8.42 Å². The van der Waals surface area contributed by atoms with Crippen molar-refractivity contribution < 1.29 is 31.0 Å². The van der Waals surface area contributed by atoms with Crippen LogP contribution in [-0.4, -0.2) is 56.8 Å². The van der Waals surface area contributed by atoms with E-state index in [1.807, 2.05) is 50.2 Å². The standard InChI is InChI=1S/C42H66O7SSi3/c1-31-22-25-33(26-23-31)50(44,45)46-30-37(47-51(12,13)39(2,3)4)42(11,49-53(16,17)41(8,9)10)29-28-36(43)35-27-24-32-20-18-19-21-34(32)38(35)48-52(14,15)40(5,6)7/h18-27,36-37,43H,30H2,1-17H3/t36?,37-,42+/m1/s1. The molecule has 0 amide bonds. The van der Waals surface area contributed by atoms with Crippen LogP contribution in [0, 0.1) is 18.8 Å². The normalized spacial score (nSPS) is 16.0. The molecule has 3 atom stereocenters. The van der Waals surface area contributed by atoms with Gasteiger partial charge in [0.25, 0.3) is 18.4 Å². The predicted octanol–water partition coefficient (Wildman–Crippen LogP) is 11.1. The average molecular weight is 799 g/mol. The van der Waals surface area contributed by atoms with Crippen LogP contribution in [0.5, 0.6) is 5.75 Å². The Morgan fingerprint density at radius 2 is 1.25 bits per heavy atom. The Bertz CT molecular complexity index is 1910. The second kappa shape index (κ2) is 15.7. The number of benzene rings is 3. The first-order valence-electron chi connectivity index (χ1n) is 18.6. The summed E-state index contributed by atoms with van der Waals surface area (Å²) in [6, 6.07) is 18.5. The highest BCUT2D eigenvalue weighted by Gasteiger charge is 2.50. The van der Waals surface area contributed by atoms with Crippen LogP contribution in [0.4, 0.5) is 0 Å². The van der Waals surface area contributed by atoms with Crippen molar-refractivity contribution in [3.63, 3.8) is 0 Å². The summed E-state index contributed by atoms with van der Waals surface area (Å²) in [6.45, 7) is 35.7. The number of aliphatic hydroxyl groups excluding tert-OH is 1. The van der Waals surface area contributed by atoms with Crippen LogP contribution in [0.25, 0.3) is 10.8 Å². The number of hydrogen-bond acceptors (Lipinski definition) is 7. The van der Waals surface area contributed by atoms with Crippen molar-refractivity contribution in [2.75, 3.05) is 6.61 Å². The van der Waals surface area contributed by atoms with E-state index in [2.05, 4.69) is 113 Å². The monoisotopic (exact) mass is 798 g/mol. The number of aliphatic hydroxyl groups is 1. The van der Waals surface area contributed by atoms with Crippen molar-refractivity contribution in [2.24, 2.45) is 0 Å². The zero-order valence-corrected chi connectivity index (χ0v) is 39.3. The molecule has 0 radical (unpaired) electrons. The Balaban J connectivity index is 2.26. The van der Waals surface area contributed by atoms with Crippen LogP contribution in [0.2, 0.25) is 54.4 Å². The summed E-state index contributed by atoms with van der Waals surface area (Å²) >= 11 is 0. The molecule has 7 nitrogen and oxygen atoms in total. The van der Waals surface area contributed by atoms with Crippen molar-refractivity contribution in [1.29, 1.82) is 0 Å². The van der Waals surface area contributed by atoms with E-state index >= 15 is 0 Å². The van der Waals surface area contributed by atoms with Gasteiger partial charge < -0.3 is 18.4 Å². The minimum Gasteiger partial charge on any atom is -0.543 e. The molecule has 0 aliphatic rings. The van der Waals surface area contributed by atoms with Crippen molar-refractivity contribution in [3.8, 4) is 17.6 Å². The Kier molecular flexibility index (Phi) is 13.4. The highest BCUT2D eigenvalue weighted by molar-refractivity contribution is 7.86. The molecule has 53 heavy (non-hydrogen) atoms. The van der Waals surface area contributed by atoms with Gasteiger partial charge in [0, 0.05) is 10.9 Å². The molecule has 0 aliphatic heterocycles. The molecule has 1 unspecified atom stereocenters. The predicted molar refractivity (Wildman–Crippen MR) is 228 cm³/mol. The van der Waals surface area contributed by atoms with Crippen LogP contribution in [-0.2, 0) is 23.2 Å². The Morgan fingerprint density at radius 1 is 0.717 bits per heavy atom. The first kappa shape index (κ1) is 45.1. The molecule has 0 aliphatic carbocycles. The van der Waals surface area contributed by atoms with E-state index in [0.29, 0.717) is 11.3 Å². The van der Waals surface area contributed by atoms with Crippen LogP contribution in [0.15, 0.2) is 65.6 Å². The molecule has 294 valence electrons. The highest BCUT2D eigenvalue weighted by atomic mass is 32.2. The minimum absolute atomic E-state index is 0.0632. The molecular formula is C42H66O7SSi3. The van der Waals surface area contributed by atoms with Crippen molar-refractivity contribution in [2.45, 2.75) is 153 Å². The molecule has 3 aromatic rings. The van der Waals surface area contributed by atoms with Gasteiger partial charge in [0.2, 0.25) is 0 Å². The van der Waals surface area contributed by atoms with Crippen LogP contribution in [0.3, 0.4) is 0 Å². The summed E-state index contributed by atoms with van der Waals surface area (Å²) in [5.41, 5.74) is 0.131. The first-order valence-corrected chi connectivity index (χ1v) is 28.7. The molecule has 0 bridgehead atoms. The molecule has 0 heterocycles. The van der Waals surface area contributed by atoms with E-state index in [9.17, 15) is 13.5 Å². The third kappa shape index (κ3) is 10.7. The molecular weight excluding hydrogens is 733 g/mol. The Morgan fingerprint density at radius 3 is 1.77 bits per heavy atom. The quantitative estimate of drug-likeness (QED) is 0.111. The van der Waals surface area contributed by atoms with Crippen LogP contribution < -0.4 is 4.43 Å². The van der Waals surface area contributed by atoms with Gasteiger partial charge in [-0.1, -0.05) is 128 Å². The summed E-state index contributed by atoms with van der Waals surface area (Å²) in [5.74, 6) is 7.12. The van der Waals surface area contributed by atoms with Gasteiger partial charge in [-0.25, -0.2) is 0 Å². The maximum absolute atomic E-state index is 13.6. The maximum atomic E-state index is 13.6. The Labute approximate surface area is 324 Å². The molecule has 1 N–H and O–H groups in total. The lowest BCUT2D eigenvalue weighted by atomic mass is 9.98. The van der Waals surface area contributed by atoms with Gasteiger partial charge in [-0.05, 0) is 85.8 Å². The van der Waals surface area contributed by atoms with E-state index in [1.165, 1.54) is 0 Å². The summed E-state index contributed by atoms with van der Waals surface area (Å²) in [5, 5.41) is 13.4. The fraction of sp³-hybridized carbons (Fsp3) is 0.571. The van der Waals surface area contributed by atoms with E-state index in [0.717, 1.165) is 16.3 Å². The summed E-state index contributed by atoms with van der Waals surface area (Å²) < 4.78 is 54.1. The topological polar surface area (TPSA) is 91.3 Å². The summed E-state index contributed by atoms with van der Waals surface area (Å²) in [7, 11) is -11.7. The summed E-state index contributed by atoms with van der Waals surface area (Å²) in [6.07, 6.45) is -2.16. The van der Waals surface area contributed by atoms with E-state index in [4.69, 9.17) is 17.5 Å². The fourth-order valence-electron chi connectivity index (χ4n) is 4.90. The number of rotatable bonds is 12. The van der Waals surface area contributed by atoms with Gasteiger partial charge >= 0.3 is 0 Å². The van der Waals surface area contributed by atoms with Crippen LogP contribution >= 0.6 is 0 Å². The maximum Gasteiger partial charge on any atom is 0.297 e. The second-order valence-electron chi connectivity index (χ2n) is 19.1. The van der Waals surface area contributed by atoms with E-state index in [1.54, 1.807) is 24.3 Å². The lowest BCUT2D eigenvalue weighted by Gasteiger charge is -2.48. The molecule has 11 heteroatoms. The van der Waals surface area contributed by atoms with Gasteiger partial charge in [0.05, 0.1) is 11.5 Å². The first-order chi connectivity index (χ1) is 23.8. The molecule has 3 aromatic carbocycles. The third-order valence-electron chi connectivity index (χ3n) is 11.6. The van der Waals surface area contributed by atoms with E-state index in [-0.39, 0.29) is 26.6 Å². The van der Waals surface area contributed by atoms with Gasteiger partial charge in [-0.3, -0.25) is 4.18 Å². The lowest BCUT2D eigenvalue weighted by Crippen LogP contribution is -2.58. The fourth-order valence-corrected chi connectivity index (χ4v) is 9.76. The van der Waals surface area contributed by atoms with Gasteiger partial charge in [-0.15, -0.1) is 0 Å². The van der Waals surface area contributed by atoms with Gasteiger partial charge in [0.1, 0.15) is 23.6 Å². The number of aryl methyl sites for hydroxylation is 1. The van der Waals surface area contributed by atoms with Crippen LogP contribution in [0.1, 0.15) is 86.5 Å². The molecule has 3 rings (SSSR count). The average Bonchev–Trinajstić information content (AvgIpc) is 3.00. The second-order valence-corrected chi connectivity index (χ2v) is 34.9. The van der Waals surface area contributed by atoms with Crippen molar-refractivity contribution in [1.82, 2.24) is 0 Å². The summed E-state index contributed by atoms with van der Waals surface area (Å²) in [4.78, 5) is 0.0632. The van der Waals surface area contributed by atoms with E-state index < -0.39 is 52.9 Å².